The summed E-state index contributed by atoms with van der Waals surface area (Å²) in [5.41, 5.74) is 0.247. The molecule has 0 aromatic rings. The maximum absolute atomic E-state index is 6.19. The van der Waals surface area contributed by atoms with Gasteiger partial charge in [-0.3, -0.25) is 0 Å². The number of piperidine rings is 1. The average molecular weight is 311 g/mol. The molecule has 4 aliphatic heterocycles. The van der Waals surface area contributed by atoms with E-state index >= 15 is 0 Å². The summed E-state index contributed by atoms with van der Waals surface area (Å²) in [7, 11) is 0. The Morgan fingerprint density at radius 2 is 2.05 bits per heavy atom. The van der Waals surface area contributed by atoms with E-state index < -0.39 is 0 Å². The molecule has 1 spiro atoms. The van der Waals surface area contributed by atoms with Gasteiger partial charge in [-0.25, -0.2) is 0 Å². The third-order valence-corrected chi connectivity index (χ3v) is 7.52. The van der Waals surface area contributed by atoms with Crippen LogP contribution in [-0.4, -0.2) is 60.3 Å². The Hall–Kier alpha value is 0.230. The fraction of sp³-hybridized carbons (Fsp3) is 1.00. The third-order valence-electron chi connectivity index (χ3n) is 6.29. The highest BCUT2D eigenvalue weighted by Gasteiger charge is 2.42. The molecule has 4 saturated heterocycles. The van der Waals surface area contributed by atoms with Gasteiger partial charge in [0.25, 0.3) is 0 Å². The second-order valence-corrected chi connectivity index (χ2v) is 8.66. The van der Waals surface area contributed by atoms with Gasteiger partial charge >= 0.3 is 0 Å². The first-order valence-corrected chi connectivity index (χ1v) is 10.2. The van der Waals surface area contributed by atoms with Crippen LogP contribution in [0.15, 0.2) is 0 Å². The van der Waals surface area contributed by atoms with Crippen LogP contribution in [0, 0.1) is 5.92 Å². The zero-order valence-corrected chi connectivity index (χ0v) is 14.0. The van der Waals surface area contributed by atoms with Crippen LogP contribution < -0.4 is 5.32 Å². The van der Waals surface area contributed by atoms with Crippen molar-refractivity contribution in [3.8, 4) is 0 Å². The van der Waals surface area contributed by atoms with Crippen LogP contribution in [0.1, 0.15) is 44.9 Å². The molecule has 1 N–H and O–H groups in total. The minimum atomic E-state index is 0.247. The standard InChI is InChI=1S/C17H30N2OS/c1-2-16(18-7-1)14-3-8-19(9-4-14)15-5-10-20-17(12-15)6-11-21-13-17/h14-16,18H,1-13H2. The van der Waals surface area contributed by atoms with Crippen molar-refractivity contribution in [2.24, 2.45) is 5.92 Å². The molecule has 120 valence electrons. The summed E-state index contributed by atoms with van der Waals surface area (Å²) in [5.74, 6) is 3.49. The maximum atomic E-state index is 6.19. The van der Waals surface area contributed by atoms with Crippen molar-refractivity contribution in [1.82, 2.24) is 10.2 Å². The normalized spacial score (nSPS) is 42.9. The molecule has 0 bridgehead atoms. The van der Waals surface area contributed by atoms with Crippen LogP contribution >= 0.6 is 11.8 Å². The Balaban J connectivity index is 1.31. The van der Waals surface area contributed by atoms with Gasteiger partial charge in [0.1, 0.15) is 0 Å². The summed E-state index contributed by atoms with van der Waals surface area (Å²) in [6.45, 7) is 4.91. The van der Waals surface area contributed by atoms with Crippen LogP contribution in [0.25, 0.3) is 0 Å². The number of thioether (sulfide) groups is 1. The van der Waals surface area contributed by atoms with E-state index in [1.165, 1.54) is 76.1 Å². The summed E-state index contributed by atoms with van der Waals surface area (Å²) in [6, 6.07) is 1.63. The van der Waals surface area contributed by atoms with Gasteiger partial charge in [-0.15, -0.1) is 0 Å². The number of hydrogen-bond donors (Lipinski definition) is 1. The van der Waals surface area contributed by atoms with Crippen molar-refractivity contribution in [3.63, 3.8) is 0 Å². The Kier molecular flexibility index (Phi) is 4.50. The van der Waals surface area contributed by atoms with E-state index in [9.17, 15) is 0 Å². The second kappa shape index (κ2) is 6.38. The summed E-state index contributed by atoms with van der Waals surface area (Å²) >= 11 is 2.09. The molecule has 4 aliphatic rings. The molecule has 4 heterocycles. The number of nitrogens with one attached hydrogen (secondary N) is 1. The highest BCUT2D eigenvalue weighted by Crippen LogP contribution is 2.40. The molecule has 3 nitrogen and oxygen atoms in total. The molecular formula is C17H30N2OS. The Labute approximate surface area is 133 Å². The minimum Gasteiger partial charge on any atom is -0.374 e. The predicted octanol–water partition coefficient (Wildman–Crippen LogP) is 2.51. The Morgan fingerprint density at radius 3 is 2.76 bits per heavy atom. The van der Waals surface area contributed by atoms with Crippen LogP contribution in [-0.2, 0) is 4.74 Å². The van der Waals surface area contributed by atoms with E-state index in [1.54, 1.807) is 0 Å². The Bertz CT molecular complexity index is 345. The second-order valence-electron chi connectivity index (χ2n) is 7.56. The first kappa shape index (κ1) is 14.8. The molecule has 4 rings (SSSR count). The predicted molar refractivity (Wildman–Crippen MR) is 89.0 cm³/mol. The first-order valence-electron chi connectivity index (χ1n) is 9.04. The number of likely N-dealkylation sites (tertiary alicyclic amines) is 1. The molecule has 0 amide bonds. The van der Waals surface area contributed by atoms with Crippen molar-refractivity contribution < 1.29 is 4.74 Å². The van der Waals surface area contributed by atoms with E-state index in [0.717, 1.165) is 24.6 Å². The monoisotopic (exact) mass is 310 g/mol. The van der Waals surface area contributed by atoms with Gasteiger partial charge in [0, 0.05) is 24.4 Å². The lowest BCUT2D eigenvalue weighted by atomic mass is 9.85. The fourth-order valence-electron chi connectivity index (χ4n) is 4.98. The molecule has 3 atom stereocenters. The minimum absolute atomic E-state index is 0.247. The maximum Gasteiger partial charge on any atom is 0.0795 e. The summed E-state index contributed by atoms with van der Waals surface area (Å²) < 4.78 is 6.19. The Morgan fingerprint density at radius 1 is 1.14 bits per heavy atom. The quantitative estimate of drug-likeness (QED) is 0.847. The van der Waals surface area contributed by atoms with Crippen LogP contribution in [0.3, 0.4) is 0 Å². The van der Waals surface area contributed by atoms with Gasteiger partial charge in [0.2, 0.25) is 0 Å². The lowest BCUT2D eigenvalue weighted by Crippen LogP contribution is -2.52. The fourth-order valence-corrected chi connectivity index (χ4v) is 6.36. The van der Waals surface area contributed by atoms with Gasteiger partial charge in [0.15, 0.2) is 0 Å². The molecule has 0 radical (unpaired) electrons. The molecule has 0 aromatic carbocycles. The topological polar surface area (TPSA) is 24.5 Å². The van der Waals surface area contributed by atoms with E-state index in [0.29, 0.717) is 0 Å². The molecule has 4 fully saturated rings. The number of rotatable bonds is 2. The first-order chi connectivity index (χ1) is 10.3. The molecular weight excluding hydrogens is 280 g/mol. The molecule has 21 heavy (non-hydrogen) atoms. The number of nitrogens with zero attached hydrogens (tertiary/aromatic N) is 1. The number of ether oxygens (including phenoxy) is 1. The lowest BCUT2D eigenvalue weighted by Gasteiger charge is -2.45. The van der Waals surface area contributed by atoms with Gasteiger partial charge in [-0.05, 0) is 76.3 Å². The van der Waals surface area contributed by atoms with E-state index in [2.05, 4.69) is 22.0 Å². The van der Waals surface area contributed by atoms with Crippen molar-refractivity contribution in [2.45, 2.75) is 62.6 Å². The summed E-state index contributed by atoms with van der Waals surface area (Å²) in [5, 5.41) is 3.72. The lowest BCUT2D eigenvalue weighted by molar-refractivity contribution is -0.0932. The molecule has 0 saturated carbocycles. The van der Waals surface area contributed by atoms with Crippen molar-refractivity contribution >= 4 is 11.8 Å². The molecule has 3 unspecified atom stereocenters. The summed E-state index contributed by atoms with van der Waals surface area (Å²) in [4.78, 5) is 2.80. The number of hydrogen-bond acceptors (Lipinski definition) is 4. The van der Waals surface area contributed by atoms with Gasteiger partial charge in [0.05, 0.1) is 5.60 Å². The molecule has 0 aromatic heterocycles. The van der Waals surface area contributed by atoms with Crippen LogP contribution in [0.2, 0.25) is 0 Å². The van der Waals surface area contributed by atoms with E-state index in [4.69, 9.17) is 4.74 Å². The van der Waals surface area contributed by atoms with Gasteiger partial charge < -0.3 is 15.0 Å². The van der Waals surface area contributed by atoms with Crippen LogP contribution in [0.4, 0.5) is 0 Å². The SMILES string of the molecule is C1CNC(C2CCN(C3CCOC4(CCSC4)C3)CC2)C1. The van der Waals surface area contributed by atoms with Gasteiger partial charge in [-0.1, -0.05) is 0 Å². The van der Waals surface area contributed by atoms with Crippen molar-refractivity contribution in [1.29, 1.82) is 0 Å². The zero-order chi connectivity index (χ0) is 14.1. The largest absolute Gasteiger partial charge is 0.374 e. The van der Waals surface area contributed by atoms with Crippen molar-refractivity contribution in [2.75, 3.05) is 37.7 Å². The van der Waals surface area contributed by atoms with E-state index in [-0.39, 0.29) is 5.60 Å². The summed E-state index contributed by atoms with van der Waals surface area (Å²) in [6.07, 6.45) is 9.49. The zero-order valence-electron chi connectivity index (χ0n) is 13.2. The van der Waals surface area contributed by atoms with Gasteiger partial charge in [-0.2, -0.15) is 11.8 Å². The smallest absolute Gasteiger partial charge is 0.0795 e. The molecule has 4 heteroatoms. The third kappa shape index (κ3) is 3.15. The highest BCUT2D eigenvalue weighted by molar-refractivity contribution is 7.99. The van der Waals surface area contributed by atoms with E-state index in [1.807, 2.05) is 0 Å². The van der Waals surface area contributed by atoms with Crippen molar-refractivity contribution in [3.05, 3.63) is 0 Å². The molecule has 0 aliphatic carbocycles. The average Bonchev–Trinajstić information content (AvgIpc) is 3.20. The van der Waals surface area contributed by atoms with Crippen LogP contribution in [0.5, 0.6) is 0 Å². The highest BCUT2D eigenvalue weighted by atomic mass is 32.2.